The maximum Gasteiger partial charge on any atom is 0.0756 e. The van der Waals surface area contributed by atoms with Crippen molar-refractivity contribution in [2.45, 2.75) is 35.4 Å². The maximum atomic E-state index is 2.34. The molecule has 1 fully saturated rings. The van der Waals surface area contributed by atoms with E-state index in [9.17, 15) is 0 Å². The van der Waals surface area contributed by atoms with Crippen LogP contribution in [0.25, 0.3) is 0 Å². The van der Waals surface area contributed by atoms with Crippen molar-refractivity contribution in [2.75, 3.05) is 0 Å². The quantitative estimate of drug-likeness (QED) is 0.696. The summed E-state index contributed by atoms with van der Waals surface area (Å²) >= 11 is 4.21. The minimum Gasteiger partial charge on any atom is -0.140 e. The molecule has 1 aromatic carbocycles. The van der Waals surface area contributed by atoms with Crippen molar-refractivity contribution in [1.29, 1.82) is 0 Å². The standard InChI is InChI=1S/C12H16S2/c1-9-8-10(2)14-12(13-9)11-6-4-3-5-7-11/h3-7,9-10,12H,8H2,1-2H3/t9-,10-/m1/s1. The predicted molar refractivity (Wildman–Crippen MR) is 67.9 cm³/mol. The van der Waals surface area contributed by atoms with E-state index in [-0.39, 0.29) is 0 Å². The van der Waals surface area contributed by atoms with Gasteiger partial charge in [0.05, 0.1) is 4.58 Å². The SMILES string of the molecule is C[C@@H]1C[C@@H](C)SC(c2ccccc2)S1. The summed E-state index contributed by atoms with van der Waals surface area (Å²) in [5, 5.41) is 1.60. The van der Waals surface area contributed by atoms with Crippen LogP contribution in [0, 0.1) is 0 Å². The third kappa shape index (κ3) is 2.48. The molecule has 0 radical (unpaired) electrons. The number of thioether (sulfide) groups is 2. The first-order chi connectivity index (χ1) is 6.75. The maximum absolute atomic E-state index is 2.34. The van der Waals surface area contributed by atoms with Crippen LogP contribution in [0.1, 0.15) is 30.4 Å². The molecule has 0 spiro atoms. The van der Waals surface area contributed by atoms with Crippen molar-refractivity contribution < 1.29 is 0 Å². The van der Waals surface area contributed by atoms with Gasteiger partial charge < -0.3 is 0 Å². The number of rotatable bonds is 1. The van der Waals surface area contributed by atoms with Gasteiger partial charge in [-0.1, -0.05) is 44.2 Å². The first kappa shape index (κ1) is 10.4. The lowest BCUT2D eigenvalue weighted by Gasteiger charge is -2.30. The van der Waals surface area contributed by atoms with Crippen molar-refractivity contribution in [3.8, 4) is 0 Å². The molecule has 1 aromatic rings. The molecule has 2 rings (SSSR count). The Morgan fingerprint density at radius 3 is 2.14 bits per heavy atom. The summed E-state index contributed by atoms with van der Waals surface area (Å²) < 4.78 is 0.648. The number of benzene rings is 1. The Bertz CT molecular complexity index is 274. The molecule has 0 unspecified atom stereocenters. The summed E-state index contributed by atoms with van der Waals surface area (Å²) in [6.45, 7) is 4.69. The lowest BCUT2D eigenvalue weighted by atomic mass is 10.2. The van der Waals surface area contributed by atoms with E-state index in [1.807, 2.05) is 0 Å². The molecule has 1 aliphatic rings. The van der Waals surface area contributed by atoms with E-state index in [1.165, 1.54) is 12.0 Å². The Morgan fingerprint density at radius 1 is 1.00 bits per heavy atom. The molecule has 0 nitrogen and oxygen atoms in total. The van der Waals surface area contributed by atoms with E-state index in [0.29, 0.717) is 4.58 Å². The average molecular weight is 224 g/mol. The molecule has 0 N–H and O–H groups in total. The molecule has 0 amide bonds. The molecule has 1 aliphatic heterocycles. The minimum atomic E-state index is 0.648. The van der Waals surface area contributed by atoms with Crippen molar-refractivity contribution in [1.82, 2.24) is 0 Å². The molecular formula is C12H16S2. The van der Waals surface area contributed by atoms with Gasteiger partial charge >= 0.3 is 0 Å². The molecule has 1 saturated heterocycles. The van der Waals surface area contributed by atoms with Crippen molar-refractivity contribution in [3.05, 3.63) is 35.9 Å². The van der Waals surface area contributed by atoms with Crippen LogP contribution < -0.4 is 0 Å². The molecule has 0 bridgehead atoms. The fourth-order valence-corrected chi connectivity index (χ4v) is 5.59. The van der Waals surface area contributed by atoms with E-state index in [4.69, 9.17) is 0 Å². The summed E-state index contributed by atoms with van der Waals surface area (Å²) in [5.74, 6) is 0. The molecule has 76 valence electrons. The van der Waals surface area contributed by atoms with Crippen molar-refractivity contribution in [2.24, 2.45) is 0 Å². The van der Waals surface area contributed by atoms with Crippen LogP contribution in [0.5, 0.6) is 0 Å². The molecular weight excluding hydrogens is 208 g/mol. The van der Waals surface area contributed by atoms with Crippen LogP contribution in [0.2, 0.25) is 0 Å². The molecule has 2 atom stereocenters. The molecule has 14 heavy (non-hydrogen) atoms. The first-order valence-corrected chi connectivity index (χ1v) is 7.00. The summed E-state index contributed by atoms with van der Waals surface area (Å²) in [5.41, 5.74) is 1.47. The lowest BCUT2D eigenvalue weighted by molar-refractivity contribution is 0.791. The smallest absolute Gasteiger partial charge is 0.0756 e. The van der Waals surface area contributed by atoms with Gasteiger partial charge in [0, 0.05) is 10.5 Å². The van der Waals surface area contributed by atoms with Gasteiger partial charge in [0.25, 0.3) is 0 Å². The monoisotopic (exact) mass is 224 g/mol. The van der Waals surface area contributed by atoms with E-state index >= 15 is 0 Å². The third-order valence-corrected chi connectivity index (χ3v) is 5.47. The number of hydrogen-bond donors (Lipinski definition) is 0. The van der Waals surface area contributed by atoms with Crippen molar-refractivity contribution in [3.63, 3.8) is 0 Å². The molecule has 0 saturated carbocycles. The fraction of sp³-hybridized carbons (Fsp3) is 0.500. The Morgan fingerprint density at radius 2 is 1.57 bits per heavy atom. The van der Waals surface area contributed by atoms with Gasteiger partial charge in [-0.3, -0.25) is 0 Å². The highest BCUT2D eigenvalue weighted by Crippen LogP contribution is 2.49. The van der Waals surface area contributed by atoms with Gasteiger partial charge in [0.15, 0.2) is 0 Å². The molecule has 0 aromatic heterocycles. The zero-order chi connectivity index (χ0) is 9.97. The zero-order valence-corrected chi connectivity index (χ0v) is 10.3. The van der Waals surface area contributed by atoms with Gasteiger partial charge in [0.1, 0.15) is 0 Å². The van der Waals surface area contributed by atoms with Crippen LogP contribution >= 0.6 is 23.5 Å². The van der Waals surface area contributed by atoms with Crippen LogP contribution in [0.4, 0.5) is 0 Å². The Hall–Kier alpha value is -0.0800. The second-order valence-corrected chi connectivity index (χ2v) is 7.27. The Kier molecular flexibility index (Phi) is 3.45. The van der Waals surface area contributed by atoms with Crippen LogP contribution in [0.15, 0.2) is 30.3 Å². The van der Waals surface area contributed by atoms with Gasteiger partial charge in [-0.15, -0.1) is 23.5 Å². The average Bonchev–Trinajstić information content (AvgIpc) is 2.18. The van der Waals surface area contributed by atoms with E-state index < -0.39 is 0 Å². The van der Waals surface area contributed by atoms with Gasteiger partial charge in [-0.05, 0) is 12.0 Å². The zero-order valence-electron chi connectivity index (χ0n) is 8.64. The van der Waals surface area contributed by atoms with Gasteiger partial charge in [-0.25, -0.2) is 0 Å². The van der Waals surface area contributed by atoms with Crippen LogP contribution in [-0.2, 0) is 0 Å². The van der Waals surface area contributed by atoms with E-state index in [2.05, 4.69) is 67.7 Å². The largest absolute Gasteiger partial charge is 0.140 e. The summed E-state index contributed by atoms with van der Waals surface area (Å²) in [6.07, 6.45) is 1.35. The first-order valence-electron chi connectivity index (χ1n) is 5.11. The highest BCUT2D eigenvalue weighted by Gasteiger charge is 2.25. The Balaban J connectivity index is 2.11. The van der Waals surface area contributed by atoms with Crippen molar-refractivity contribution >= 4 is 23.5 Å². The third-order valence-electron chi connectivity index (χ3n) is 2.45. The predicted octanol–water partition coefficient (Wildman–Crippen LogP) is 4.33. The topological polar surface area (TPSA) is 0 Å². The lowest BCUT2D eigenvalue weighted by Crippen LogP contribution is -2.15. The van der Waals surface area contributed by atoms with E-state index in [0.717, 1.165) is 10.5 Å². The normalized spacial score (nSPS) is 32.9. The summed E-state index contributed by atoms with van der Waals surface area (Å²) in [4.78, 5) is 0. The Labute approximate surface area is 94.9 Å². The highest BCUT2D eigenvalue weighted by atomic mass is 32.2. The van der Waals surface area contributed by atoms with Gasteiger partial charge in [-0.2, -0.15) is 0 Å². The van der Waals surface area contributed by atoms with Gasteiger partial charge in [0.2, 0.25) is 0 Å². The summed E-state index contributed by atoms with van der Waals surface area (Å²) in [7, 11) is 0. The molecule has 1 heterocycles. The van der Waals surface area contributed by atoms with Crippen LogP contribution in [-0.4, -0.2) is 10.5 Å². The minimum absolute atomic E-state index is 0.648. The van der Waals surface area contributed by atoms with Crippen LogP contribution in [0.3, 0.4) is 0 Å². The fourth-order valence-electron chi connectivity index (χ4n) is 1.80. The van der Waals surface area contributed by atoms with E-state index in [1.54, 1.807) is 0 Å². The second kappa shape index (κ2) is 4.63. The summed E-state index contributed by atoms with van der Waals surface area (Å²) in [6, 6.07) is 10.9. The molecule has 2 heteroatoms. The molecule has 0 aliphatic carbocycles. The second-order valence-electron chi connectivity index (χ2n) is 3.87. The number of hydrogen-bond acceptors (Lipinski definition) is 2. The highest BCUT2D eigenvalue weighted by molar-refractivity contribution is 8.17.